The number of ether oxygens (including phenoxy) is 1. The molecule has 1 saturated heterocycles. The summed E-state index contributed by atoms with van der Waals surface area (Å²) in [6.07, 6.45) is 1.68. The molecule has 0 aromatic heterocycles. The molecule has 100 valence electrons. The number of hydrogen-bond acceptors (Lipinski definition) is 4. The predicted molar refractivity (Wildman–Crippen MR) is 74.6 cm³/mol. The van der Waals surface area contributed by atoms with Crippen molar-refractivity contribution in [1.82, 2.24) is 0 Å². The molecule has 2 rings (SSSR count). The van der Waals surface area contributed by atoms with E-state index in [0.717, 1.165) is 17.3 Å². The molecule has 0 radical (unpaired) electrons. The first-order chi connectivity index (χ1) is 8.50. The molecule has 18 heavy (non-hydrogen) atoms. The highest BCUT2D eigenvalue weighted by Crippen LogP contribution is 2.29. The second kappa shape index (κ2) is 5.59. The minimum absolute atomic E-state index is 0.119. The molecular weight excluding hydrogens is 318 g/mol. The molecule has 1 aliphatic rings. The third-order valence-corrected chi connectivity index (χ3v) is 5.22. The molecule has 0 spiro atoms. The van der Waals surface area contributed by atoms with Crippen LogP contribution in [0.1, 0.15) is 12.0 Å². The molecule has 1 aromatic carbocycles. The van der Waals surface area contributed by atoms with Crippen molar-refractivity contribution in [1.29, 1.82) is 0 Å². The van der Waals surface area contributed by atoms with E-state index >= 15 is 0 Å². The maximum Gasteiger partial charge on any atom is 0.157 e. The second-order valence-corrected chi connectivity index (χ2v) is 7.48. The van der Waals surface area contributed by atoms with Gasteiger partial charge in [-0.3, -0.25) is 0 Å². The van der Waals surface area contributed by atoms with Gasteiger partial charge in [-0.2, -0.15) is 0 Å². The first kappa shape index (κ1) is 13.8. The Bertz CT molecular complexity index is 518. The molecule has 0 saturated carbocycles. The van der Waals surface area contributed by atoms with Crippen LogP contribution in [0, 0.1) is 0 Å². The monoisotopic (exact) mass is 333 g/mol. The van der Waals surface area contributed by atoms with Crippen molar-refractivity contribution >= 4 is 25.8 Å². The molecule has 0 unspecified atom stereocenters. The van der Waals surface area contributed by atoms with Gasteiger partial charge in [-0.25, -0.2) is 8.42 Å². The van der Waals surface area contributed by atoms with Crippen molar-refractivity contribution in [2.75, 3.05) is 18.1 Å². The summed E-state index contributed by atoms with van der Waals surface area (Å²) in [5, 5.41) is 0. The molecule has 4 nitrogen and oxygen atoms in total. The first-order valence-corrected chi connectivity index (χ1v) is 8.47. The van der Waals surface area contributed by atoms with Gasteiger partial charge in [0.1, 0.15) is 11.9 Å². The first-order valence-electron chi connectivity index (χ1n) is 5.86. The Kier molecular flexibility index (Phi) is 4.29. The Morgan fingerprint density at radius 1 is 1.39 bits per heavy atom. The number of halogens is 1. The van der Waals surface area contributed by atoms with E-state index in [-0.39, 0.29) is 17.6 Å². The average Bonchev–Trinajstić information content (AvgIpc) is 2.27. The third-order valence-electron chi connectivity index (χ3n) is 2.84. The SMILES string of the molecule is NCCCc1ccc(OC2CS(=O)(=O)C2)c(Br)c1. The largest absolute Gasteiger partial charge is 0.487 e. The lowest BCUT2D eigenvalue weighted by Crippen LogP contribution is -2.45. The van der Waals surface area contributed by atoms with Gasteiger partial charge in [-0.15, -0.1) is 0 Å². The molecule has 1 aromatic rings. The molecule has 1 fully saturated rings. The van der Waals surface area contributed by atoms with Gasteiger partial charge in [0, 0.05) is 0 Å². The van der Waals surface area contributed by atoms with Gasteiger partial charge in [-0.05, 0) is 53.0 Å². The van der Waals surface area contributed by atoms with Crippen molar-refractivity contribution < 1.29 is 13.2 Å². The van der Waals surface area contributed by atoms with E-state index in [1.54, 1.807) is 0 Å². The molecule has 6 heteroatoms. The lowest BCUT2D eigenvalue weighted by Gasteiger charge is -2.27. The van der Waals surface area contributed by atoms with E-state index < -0.39 is 9.84 Å². The highest BCUT2D eigenvalue weighted by Gasteiger charge is 2.35. The van der Waals surface area contributed by atoms with Crippen LogP contribution < -0.4 is 10.5 Å². The Morgan fingerprint density at radius 3 is 2.67 bits per heavy atom. The Hall–Kier alpha value is -0.590. The summed E-state index contributed by atoms with van der Waals surface area (Å²) < 4.78 is 28.6. The van der Waals surface area contributed by atoms with Gasteiger partial charge in [0.2, 0.25) is 0 Å². The van der Waals surface area contributed by atoms with E-state index in [1.807, 2.05) is 18.2 Å². The highest BCUT2D eigenvalue weighted by atomic mass is 79.9. The summed E-state index contributed by atoms with van der Waals surface area (Å²) in [4.78, 5) is 0. The molecule has 2 N–H and O–H groups in total. The van der Waals surface area contributed by atoms with Crippen LogP contribution >= 0.6 is 15.9 Å². The minimum atomic E-state index is -2.84. The van der Waals surface area contributed by atoms with Crippen LogP contribution in [-0.2, 0) is 16.3 Å². The second-order valence-electron chi connectivity index (χ2n) is 4.47. The lowest BCUT2D eigenvalue weighted by molar-refractivity contribution is 0.229. The standard InChI is InChI=1S/C12H16BrNO3S/c13-11-6-9(2-1-5-14)3-4-12(11)17-10-7-18(15,16)8-10/h3-4,6,10H,1-2,5,7-8,14H2. The zero-order valence-corrected chi connectivity index (χ0v) is 12.3. The van der Waals surface area contributed by atoms with Gasteiger partial charge in [-0.1, -0.05) is 6.07 Å². The van der Waals surface area contributed by atoms with Gasteiger partial charge < -0.3 is 10.5 Å². The molecule has 1 heterocycles. The van der Waals surface area contributed by atoms with Gasteiger partial charge >= 0.3 is 0 Å². The summed E-state index contributed by atoms with van der Waals surface area (Å²) in [6.45, 7) is 0.676. The molecule has 0 amide bonds. The van der Waals surface area contributed by atoms with Crippen LogP contribution in [0.4, 0.5) is 0 Å². The Labute approximate surface area is 116 Å². The minimum Gasteiger partial charge on any atom is -0.487 e. The summed E-state index contributed by atoms with van der Waals surface area (Å²) in [7, 11) is -2.84. The fourth-order valence-electron chi connectivity index (χ4n) is 1.87. The summed E-state index contributed by atoms with van der Waals surface area (Å²) >= 11 is 3.44. The number of nitrogens with two attached hydrogens (primary N) is 1. The number of sulfone groups is 1. The van der Waals surface area contributed by atoms with E-state index in [9.17, 15) is 8.42 Å². The summed E-state index contributed by atoms with van der Waals surface area (Å²) in [6, 6.07) is 5.86. The smallest absolute Gasteiger partial charge is 0.157 e. The third kappa shape index (κ3) is 3.46. The van der Waals surface area contributed by atoms with Crippen molar-refractivity contribution in [3.05, 3.63) is 28.2 Å². The van der Waals surface area contributed by atoms with E-state index in [0.29, 0.717) is 12.3 Å². The van der Waals surface area contributed by atoms with Gasteiger partial charge in [0.05, 0.1) is 16.0 Å². The van der Waals surface area contributed by atoms with Crippen LogP contribution in [0.25, 0.3) is 0 Å². The van der Waals surface area contributed by atoms with Crippen LogP contribution in [0.5, 0.6) is 5.75 Å². The lowest BCUT2D eigenvalue weighted by atomic mass is 10.1. The Morgan fingerprint density at radius 2 is 2.11 bits per heavy atom. The van der Waals surface area contributed by atoms with Crippen LogP contribution in [0.2, 0.25) is 0 Å². The number of aryl methyl sites for hydroxylation is 1. The van der Waals surface area contributed by atoms with Gasteiger partial charge in [0.25, 0.3) is 0 Å². The predicted octanol–water partition coefficient (Wildman–Crippen LogP) is 1.52. The van der Waals surface area contributed by atoms with E-state index in [2.05, 4.69) is 15.9 Å². The molecular formula is C12H16BrNO3S. The molecule has 0 aliphatic carbocycles. The van der Waals surface area contributed by atoms with Crippen LogP contribution in [-0.4, -0.2) is 32.6 Å². The normalized spacial score (nSPS) is 18.3. The van der Waals surface area contributed by atoms with Gasteiger partial charge in [0.15, 0.2) is 9.84 Å². The quantitative estimate of drug-likeness (QED) is 0.886. The van der Waals surface area contributed by atoms with Crippen LogP contribution in [0.15, 0.2) is 22.7 Å². The highest BCUT2D eigenvalue weighted by molar-refractivity contribution is 9.10. The van der Waals surface area contributed by atoms with Crippen molar-refractivity contribution in [2.24, 2.45) is 5.73 Å². The summed E-state index contributed by atoms with van der Waals surface area (Å²) in [5.74, 6) is 0.939. The maximum absolute atomic E-state index is 11.0. The van der Waals surface area contributed by atoms with Crippen molar-refractivity contribution in [3.63, 3.8) is 0 Å². The fourth-order valence-corrected chi connectivity index (χ4v) is 3.56. The molecule has 0 atom stereocenters. The van der Waals surface area contributed by atoms with Crippen molar-refractivity contribution in [3.8, 4) is 5.75 Å². The number of rotatable bonds is 5. The van der Waals surface area contributed by atoms with E-state index in [1.165, 1.54) is 5.56 Å². The van der Waals surface area contributed by atoms with Crippen LogP contribution in [0.3, 0.4) is 0 Å². The molecule has 1 aliphatic heterocycles. The Balaban J connectivity index is 1.97. The summed E-state index contributed by atoms with van der Waals surface area (Å²) in [5.41, 5.74) is 6.66. The maximum atomic E-state index is 11.0. The molecule has 0 bridgehead atoms. The van der Waals surface area contributed by atoms with E-state index in [4.69, 9.17) is 10.5 Å². The zero-order valence-electron chi connectivity index (χ0n) is 9.93. The zero-order chi connectivity index (χ0) is 13.2. The average molecular weight is 334 g/mol. The number of benzene rings is 1. The fraction of sp³-hybridized carbons (Fsp3) is 0.500. The number of hydrogen-bond donors (Lipinski definition) is 1. The van der Waals surface area contributed by atoms with Crippen molar-refractivity contribution in [2.45, 2.75) is 18.9 Å². The topological polar surface area (TPSA) is 69.4 Å².